The molecule has 0 unspecified atom stereocenters. The standard InChI is InChI=1S/C18H27NO/c1-14-11-15(2)13-16(12-14)17(20)5-8-19-9-6-18(3,4)7-10-19/h11-13H,5-10H2,1-4H3. The van der Waals surface area contributed by atoms with Crippen molar-refractivity contribution < 1.29 is 4.79 Å². The summed E-state index contributed by atoms with van der Waals surface area (Å²) in [6.07, 6.45) is 3.12. The molecule has 0 saturated carbocycles. The second-order valence-corrected chi connectivity index (χ2v) is 7.06. The molecule has 1 aliphatic heterocycles. The van der Waals surface area contributed by atoms with Gasteiger partial charge in [0, 0.05) is 18.5 Å². The molecule has 0 atom stereocenters. The summed E-state index contributed by atoms with van der Waals surface area (Å²) in [5.74, 6) is 0.279. The predicted molar refractivity (Wildman–Crippen MR) is 84.3 cm³/mol. The molecule has 0 spiro atoms. The van der Waals surface area contributed by atoms with Crippen molar-refractivity contribution in [2.24, 2.45) is 5.41 Å². The van der Waals surface area contributed by atoms with Crippen LogP contribution in [-0.2, 0) is 0 Å². The van der Waals surface area contributed by atoms with Crippen LogP contribution >= 0.6 is 0 Å². The molecule has 0 bridgehead atoms. The Bertz CT molecular complexity index is 460. The van der Waals surface area contributed by atoms with Crippen molar-refractivity contribution in [1.29, 1.82) is 0 Å². The summed E-state index contributed by atoms with van der Waals surface area (Å²) in [6.45, 7) is 11.9. The number of hydrogen-bond acceptors (Lipinski definition) is 2. The Balaban J connectivity index is 1.86. The zero-order valence-electron chi connectivity index (χ0n) is 13.3. The van der Waals surface area contributed by atoms with Crippen LogP contribution in [-0.4, -0.2) is 30.3 Å². The first-order valence-corrected chi connectivity index (χ1v) is 7.70. The van der Waals surface area contributed by atoms with E-state index in [1.807, 2.05) is 12.1 Å². The van der Waals surface area contributed by atoms with Crippen LogP contribution in [0.3, 0.4) is 0 Å². The van der Waals surface area contributed by atoms with Gasteiger partial charge in [-0.25, -0.2) is 0 Å². The first kappa shape index (κ1) is 15.2. The minimum atomic E-state index is 0.279. The molecule has 2 nitrogen and oxygen atoms in total. The van der Waals surface area contributed by atoms with Gasteiger partial charge in [0.15, 0.2) is 5.78 Å². The number of piperidine rings is 1. The van der Waals surface area contributed by atoms with Crippen molar-refractivity contribution in [1.82, 2.24) is 4.90 Å². The zero-order chi connectivity index (χ0) is 14.8. The first-order chi connectivity index (χ1) is 9.35. The fourth-order valence-electron chi connectivity index (χ4n) is 2.92. The molecule has 1 aliphatic rings. The Morgan fingerprint density at radius 1 is 1.10 bits per heavy atom. The van der Waals surface area contributed by atoms with Gasteiger partial charge in [0.25, 0.3) is 0 Å². The minimum Gasteiger partial charge on any atom is -0.303 e. The highest BCUT2D eigenvalue weighted by atomic mass is 16.1. The van der Waals surface area contributed by atoms with Crippen molar-refractivity contribution >= 4 is 5.78 Å². The second-order valence-electron chi connectivity index (χ2n) is 7.06. The van der Waals surface area contributed by atoms with Crippen LogP contribution in [0, 0.1) is 19.3 Å². The van der Waals surface area contributed by atoms with Gasteiger partial charge >= 0.3 is 0 Å². The molecule has 0 amide bonds. The quantitative estimate of drug-likeness (QED) is 0.773. The molecule has 1 heterocycles. The molecule has 0 radical (unpaired) electrons. The molecule has 0 N–H and O–H groups in total. The number of hydrogen-bond donors (Lipinski definition) is 0. The Morgan fingerprint density at radius 2 is 1.65 bits per heavy atom. The van der Waals surface area contributed by atoms with E-state index in [-0.39, 0.29) is 5.78 Å². The molecule has 110 valence electrons. The van der Waals surface area contributed by atoms with Crippen LogP contribution in [0.5, 0.6) is 0 Å². The van der Waals surface area contributed by atoms with Gasteiger partial charge in [0.2, 0.25) is 0 Å². The smallest absolute Gasteiger partial charge is 0.164 e. The Morgan fingerprint density at radius 3 is 2.20 bits per heavy atom. The SMILES string of the molecule is Cc1cc(C)cc(C(=O)CCN2CCC(C)(C)CC2)c1. The maximum Gasteiger partial charge on any atom is 0.164 e. The molecular weight excluding hydrogens is 246 g/mol. The highest BCUT2D eigenvalue weighted by Gasteiger charge is 2.25. The van der Waals surface area contributed by atoms with Gasteiger partial charge in [0.05, 0.1) is 0 Å². The van der Waals surface area contributed by atoms with Gasteiger partial charge in [-0.2, -0.15) is 0 Å². The number of carbonyl (C=O) groups is 1. The topological polar surface area (TPSA) is 20.3 Å². The third-order valence-electron chi connectivity index (χ3n) is 4.41. The van der Waals surface area contributed by atoms with E-state index >= 15 is 0 Å². The van der Waals surface area contributed by atoms with Gasteiger partial charge in [0.1, 0.15) is 0 Å². The van der Waals surface area contributed by atoms with Gasteiger partial charge in [-0.1, -0.05) is 31.0 Å². The number of benzene rings is 1. The van der Waals surface area contributed by atoms with E-state index in [4.69, 9.17) is 0 Å². The highest BCUT2D eigenvalue weighted by Crippen LogP contribution is 2.29. The molecule has 0 aliphatic carbocycles. The summed E-state index contributed by atoms with van der Waals surface area (Å²) in [5.41, 5.74) is 3.70. The van der Waals surface area contributed by atoms with Gasteiger partial charge in [-0.15, -0.1) is 0 Å². The summed E-state index contributed by atoms with van der Waals surface area (Å²) in [7, 11) is 0. The summed E-state index contributed by atoms with van der Waals surface area (Å²) in [5, 5.41) is 0. The van der Waals surface area contributed by atoms with E-state index in [1.54, 1.807) is 0 Å². The Hall–Kier alpha value is -1.15. The lowest BCUT2D eigenvalue weighted by Gasteiger charge is -2.36. The van der Waals surface area contributed by atoms with Crippen LogP contribution in [0.4, 0.5) is 0 Å². The number of ketones is 1. The number of carbonyl (C=O) groups excluding carboxylic acids is 1. The lowest BCUT2D eigenvalue weighted by atomic mass is 9.82. The van der Waals surface area contributed by atoms with Crippen LogP contribution in [0.15, 0.2) is 18.2 Å². The van der Waals surface area contributed by atoms with Crippen LogP contribution < -0.4 is 0 Å². The third kappa shape index (κ3) is 4.17. The van der Waals surface area contributed by atoms with E-state index in [0.717, 1.165) is 25.2 Å². The Labute approximate surface area is 123 Å². The lowest BCUT2D eigenvalue weighted by Crippen LogP contribution is -2.38. The summed E-state index contributed by atoms with van der Waals surface area (Å²) in [4.78, 5) is 14.7. The molecule has 1 fully saturated rings. The summed E-state index contributed by atoms with van der Waals surface area (Å²) >= 11 is 0. The maximum absolute atomic E-state index is 12.3. The number of nitrogens with zero attached hydrogens (tertiary/aromatic N) is 1. The average molecular weight is 273 g/mol. The minimum absolute atomic E-state index is 0.279. The fourth-order valence-corrected chi connectivity index (χ4v) is 2.92. The molecule has 20 heavy (non-hydrogen) atoms. The van der Waals surface area contributed by atoms with Crippen LogP contribution in [0.1, 0.15) is 54.6 Å². The van der Waals surface area contributed by atoms with Crippen LogP contribution in [0.2, 0.25) is 0 Å². The van der Waals surface area contributed by atoms with Crippen molar-refractivity contribution in [3.63, 3.8) is 0 Å². The van der Waals surface area contributed by atoms with E-state index in [2.05, 4.69) is 38.7 Å². The number of Topliss-reactive ketones (excluding diaryl/α,β-unsaturated/α-hetero) is 1. The third-order valence-corrected chi connectivity index (χ3v) is 4.41. The summed E-state index contributed by atoms with van der Waals surface area (Å²) < 4.78 is 0. The van der Waals surface area contributed by atoms with E-state index in [1.165, 1.54) is 24.0 Å². The average Bonchev–Trinajstić information content (AvgIpc) is 2.36. The number of rotatable bonds is 4. The van der Waals surface area contributed by atoms with Crippen LogP contribution in [0.25, 0.3) is 0 Å². The van der Waals surface area contributed by atoms with E-state index in [9.17, 15) is 4.79 Å². The largest absolute Gasteiger partial charge is 0.303 e. The normalized spacial score (nSPS) is 19.0. The molecular formula is C18H27NO. The highest BCUT2D eigenvalue weighted by molar-refractivity contribution is 5.96. The van der Waals surface area contributed by atoms with Gasteiger partial charge in [-0.05, 0) is 57.3 Å². The van der Waals surface area contributed by atoms with Crippen molar-refractivity contribution in [3.05, 3.63) is 34.9 Å². The number of likely N-dealkylation sites (tertiary alicyclic amines) is 1. The number of aryl methyl sites for hydroxylation is 2. The van der Waals surface area contributed by atoms with E-state index in [0.29, 0.717) is 11.8 Å². The monoisotopic (exact) mass is 273 g/mol. The lowest BCUT2D eigenvalue weighted by molar-refractivity contribution is 0.0926. The molecule has 0 aromatic heterocycles. The van der Waals surface area contributed by atoms with Crippen molar-refractivity contribution in [2.75, 3.05) is 19.6 Å². The maximum atomic E-state index is 12.3. The predicted octanol–water partition coefficient (Wildman–Crippen LogP) is 4.00. The van der Waals surface area contributed by atoms with Crippen molar-refractivity contribution in [3.8, 4) is 0 Å². The summed E-state index contributed by atoms with van der Waals surface area (Å²) in [6, 6.07) is 6.13. The molecule has 1 aromatic rings. The zero-order valence-corrected chi connectivity index (χ0v) is 13.3. The fraction of sp³-hybridized carbons (Fsp3) is 0.611. The van der Waals surface area contributed by atoms with Crippen molar-refractivity contribution in [2.45, 2.75) is 47.0 Å². The second kappa shape index (κ2) is 6.09. The molecule has 1 aromatic carbocycles. The van der Waals surface area contributed by atoms with Gasteiger partial charge < -0.3 is 4.90 Å². The van der Waals surface area contributed by atoms with Gasteiger partial charge in [-0.3, -0.25) is 4.79 Å². The Kier molecular flexibility index (Phi) is 4.64. The van der Waals surface area contributed by atoms with E-state index < -0.39 is 0 Å². The molecule has 2 rings (SSSR count). The molecule has 1 saturated heterocycles. The first-order valence-electron chi connectivity index (χ1n) is 7.70. The molecule has 2 heteroatoms.